The molecule has 0 radical (unpaired) electrons. The van der Waals surface area contributed by atoms with Gasteiger partial charge in [0.2, 0.25) is 0 Å². The summed E-state index contributed by atoms with van der Waals surface area (Å²) in [5.41, 5.74) is 6.70. The Morgan fingerprint density at radius 3 is 2.56 bits per heavy atom. The van der Waals surface area contributed by atoms with Gasteiger partial charge in [-0.25, -0.2) is 0 Å². The predicted molar refractivity (Wildman–Crippen MR) is 79.5 cm³/mol. The average molecular weight is 311 g/mol. The molecule has 98 valence electrons. The van der Waals surface area contributed by atoms with E-state index in [-0.39, 0.29) is 11.4 Å². The Morgan fingerprint density at radius 1 is 1.50 bits per heavy atom. The Labute approximate surface area is 117 Å². The second-order valence-electron chi connectivity index (χ2n) is 5.11. The average Bonchev–Trinajstić information content (AvgIpc) is 2.27. The second kappa shape index (κ2) is 5.57. The standard InChI is InChI=1S/C14H19BrN2O/c1-5-8-17(14(2,3)4)13(18)10-6-7-11(15)12(16)9-10/h5-7,9H,1,8,16H2,2-4H3. The number of nitrogen functional groups attached to an aromatic ring is 1. The number of hydrogen-bond donors (Lipinski definition) is 1. The lowest BCUT2D eigenvalue weighted by Gasteiger charge is -2.35. The summed E-state index contributed by atoms with van der Waals surface area (Å²) in [6.07, 6.45) is 1.73. The molecule has 0 spiro atoms. The van der Waals surface area contributed by atoms with Gasteiger partial charge in [0.05, 0.1) is 0 Å². The number of hydrogen-bond acceptors (Lipinski definition) is 2. The first-order chi connectivity index (χ1) is 8.27. The van der Waals surface area contributed by atoms with E-state index in [4.69, 9.17) is 5.73 Å². The minimum atomic E-state index is -0.257. The van der Waals surface area contributed by atoms with Crippen LogP contribution in [0.15, 0.2) is 35.3 Å². The summed E-state index contributed by atoms with van der Waals surface area (Å²) >= 11 is 3.32. The zero-order valence-corrected chi connectivity index (χ0v) is 12.6. The molecule has 0 aromatic heterocycles. The van der Waals surface area contributed by atoms with Gasteiger partial charge in [0.1, 0.15) is 0 Å². The maximum atomic E-state index is 12.5. The molecule has 0 saturated heterocycles. The van der Waals surface area contributed by atoms with Gasteiger partial charge in [-0.1, -0.05) is 6.08 Å². The number of carbonyl (C=O) groups excluding carboxylic acids is 1. The number of carbonyl (C=O) groups is 1. The molecule has 0 saturated carbocycles. The van der Waals surface area contributed by atoms with E-state index in [1.807, 2.05) is 20.8 Å². The Hall–Kier alpha value is -1.29. The van der Waals surface area contributed by atoms with Crippen LogP contribution in [0.2, 0.25) is 0 Å². The smallest absolute Gasteiger partial charge is 0.254 e. The van der Waals surface area contributed by atoms with E-state index in [0.717, 1.165) is 4.47 Å². The number of amides is 1. The van der Waals surface area contributed by atoms with E-state index in [2.05, 4.69) is 22.5 Å². The summed E-state index contributed by atoms with van der Waals surface area (Å²) in [6.45, 7) is 10.2. The van der Waals surface area contributed by atoms with Crippen molar-refractivity contribution in [3.8, 4) is 0 Å². The van der Waals surface area contributed by atoms with Crippen LogP contribution in [0.1, 0.15) is 31.1 Å². The highest BCUT2D eigenvalue weighted by Crippen LogP contribution is 2.23. The van der Waals surface area contributed by atoms with E-state index in [0.29, 0.717) is 17.8 Å². The Kier molecular flexibility index (Phi) is 4.57. The van der Waals surface area contributed by atoms with Gasteiger partial charge in [-0.3, -0.25) is 4.79 Å². The van der Waals surface area contributed by atoms with E-state index >= 15 is 0 Å². The molecule has 0 fully saturated rings. The molecule has 4 heteroatoms. The lowest BCUT2D eigenvalue weighted by molar-refractivity contribution is 0.0616. The van der Waals surface area contributed by atoms with Gasteiger partial charge in [-0.05, 0) is 54.9 Å². The third-order valence-electron chi connectivity index (χ3n) is 2.61. The molecule has 0 heterocycles. The van der Waals surface area contributed by atoms with Gasteiger partial charge in [-0.2, -0.15) is 0 Å². The minimum absolute atomic E-state index is 0.0402. The van der Waals surface area contributed by atoms with Crippen molar-refractivity contribution < 1.29 is 4.79 Å². The number of rotatable bonds is 3. The van der Waals surface area contributed by atoms with Crippen LogP contribution in [0, 0.1) is 0 Å². The van der Waals surface area contributed by atoms with Gasteiger partial charge in [0, 0.05) is 27.8 Å². The molecular formula is C14H19BrN2O. The summed E-state index contributed by atoms with van der Waals surface area (Å²) in [5.74, 6) is -0.0402. The first kappa shape index (κ1) is 14.8. The number of anilines is 1. The van der Waals surface area contributed by atoms with Crippen molar-refractivity contribution in [3.05, 3.63) is 40.9 Å². The van der Waals surface area contributed by atoms with E-state index in [1.54, 1.807) is 29.2 Å². The van der Waals surface area contributed by atoms with Crippen LogP contribution in [0.3, 0.4) is 0 Å². The van der Waals surface area contributed by atoms with Crippen LogP contribution in [-0.2, 0) is 0 Å². The molecule has 0 aliphatic carbocycles. The third-order valence-corrected chi connectivity index (χ3v) is 3.33. The van der Waals surface area contributed by atoms with Crippen LogP contribution in [-0.4, -0.2) is 22.9 Å². The minimum Gasteiger partial charge on any atom is -0.398 e. The fourth-order valence-electron chi connectivity index (χ4n) is 1.62. The number of nitrogens with zero attached hydrogens (tertiary/aromatic N) is 1. The zero-order valence-electron chi connectivity index (χ0n) is 11.0. The number of nitrogens with two attached hydrogens (primary N) is 1. The topological polar surface area (TPSA) is 46.3 Å². The van der Waals surface area contributed by atoms with Crippen LogP contribution in [0.4, 0.5) is 5.69 Å². The van der Waals surface area contributed by atoms with Crippen molar-refractivity contribution >= 4 is 27.5 Å². The molecule has 0 aliphatic rings. The maximum Gasteiger partial charge on any atom is 0.254 e. The summed E-state index contributed by atoms with van der Waals surface area (Å²) in [6, 6.07) is 5.25. The van der Waals surface area contributed by atoms with Gasteiger partial charge in [-0.15, -0.1) is 6.58 Å². The Bertz CT molecular complexity index is 463. The summed E-state index contributed by atoms with van der Waals surface area (Å²) < 4.78 is 0.796. The second-order valence-corrected chi connectivity index (χ2v) is 5.97. The molecule has 18 heavy (non-hydrogen) atoms. The van der Waals surface area contributed by atoms with Crippen LogP contribution in [0.5, 0.6) is 0 Å². The quantitative estimate of drug-likeness (QED) is 0.686. The first-order valence-electron chi connectivity index (χ1n) is 5.75. The van der Waals surface area contributed by atoms with Crippen LogP contribution in [0.25, 0.3) is 0 Å². The van der Waals surface area contributed by atoms with E-state index < -0.39 is 0 Å². The SMILES string of the molecule is C=CCN(C(=O)c1ccc(Br)c(N)c1)C(C)(C)C. The van der Waals surface area contributed by atoms with Gasteiger partial charge >= 0.3 is 0 Å². The molecular weight excluding hydrogens is 292 g/mol. The van der Waals surface area contributed by atoms with Crippen molar-refractivity contribution in [2.45, 2.75) is 26.3 Å². The van der Waals surface area contributed by atoms with Crippen molar-refractivity contribution in [2.75, 3.05) is 12.3 Å². The largest absolute Gasteiger partial charge is 0.398 e. The third kappa shape index (κ3) is 3.35. The van der Waals surface area contributed by atoms with Gasteiger partial charge in [0.25, 0.3) is 5.91 Å². The fourth-order valence-corrected chi connectivity index (χ4v) is 1.87. The first-order valence-corrected chi connectivity index (χ1v) is 6.54. The van der Waals surface area contributed by atoms with Crippen molar-refractivity contribution in [2.24, 2.45) is 0 Å². The molecule has 0 atom stereocenters. The summed E-state index contributed by atoms with van der Waals surface area (Å²) in [5, 5.41) is 0. The molecule has 1 rings (SSSR count). The maximum absolute atomic E-state index is 12.5. The zero-order chi connectivity index (χ0) is 13.9. The van der Waals surface area contributed by atoms with Gasteiger partial charge in [0.15, 0.2) is 0 Å². The normalized spacial score (nSPS) is 11.1. The van der Waals surface area contributed by atoms with Crippen LogP contribution < -0.4 is 5.73 Å². The highest BCUT2D eigenvalue weighted by molar-refractivity contribution is 9.10. The van der Waals surface area contributed by atoms with Crippen molar-refractivity contribution in [1.82, 2.24) is 4.90 Å². The summed E-state index contributed by atoms with van der Waals surface area (Å²) in [7, 11) is 0. The van der Waals surface area contributed by atoms with Crippen molar-refractivity contribution in [3.63, 3.8) is 0 Å². The number of benzene rings is 1. The number of halogens is 1. The lowest BCUT2D eigenvalue weighted by atomic mass is 10.0. The molecule has 2 N–H and O–H groups in total. The van der Waals surface area contributed by atoms with E-state index in [9.17, 15) is 4.79 Å². The molecule has 0 unspecified atom stereocenters. The highest BCUT2D eigenvalue weighted by Gasteiger charge is 2.26. The monoisotopic (exact) mass is 310 g/mol. The Balaban J connectivity index is 3.09. The molecule has 0 bridgehead atoms. The molecule has 1 amide bonds. The highest BCUT2D eigenvalue weighted by atomic mass is 79.9. The molecule has 3 nitrogen and oxygen atoms in total. The predicted octanol–water partition coefficient (Wildman–Crippen LogP) is 3.46. The fraction of sp³-hybridized carbons (Fsp3) is 0.357. The van der Waals surface area contributed by atoms with Crippen molar-refractivity contribution in [1.29, 1.82) is 0 Å². The molecule has 0 aliphatic heterocycles. The van der Waals surface area contributed by atoms with E-state index in [1.165, 1.54) is 0 Å². The molecule has 1 aromatic rings. The lowest BCUT2D eigenvalue weighted by Crippen LogP contribution is -2.45. The summed E-state index contributed by atoms with van der Waals surface area (Å²) in [4.78, 5) is 14.2. The Morgan fingerprint density at radius 2 is 2.11 bits per heavy atom. The molecule has 1 aromatic carbocycles. The van der Waals surface area contributed by atoms with Crippen LogP contribution >= 0.6 is 15.9 Å². The van der Waals surface area contributed by atoms with Gasteiger partial charge < -0.3 is 10.6 Å².